The third kappa shape index (κ3) is 6.14. The van der Waals surface area contributed by atoms with Gasteiger partial charge < -0.3 is 5.32 Å². The van der Waals surface area contributed by atoms with E-state index in [4.69, 9.17) is 0 Å². The molecular formula is C14H28N2. The van der Waals surface area contributed by atoms with Gasteiger partial charge in [-0.25, -0.2) is 0 Å². The van der Waals surface area contributed by atoms with Crippen LogP contribution in [-0.2, 0) is 0 Å². The monoisotopic (exact) mass is 224 g/mol. The summed E-state index contributed by atoms with van der Waals surface area (Å²) < 4.78 is 0. The van der Waals surface area contributed by atoms with E-state index in [1.54, 1.807) is 0 Å². The highest BCUT2D eigenvalue weighted by molar-refractivity contribution is 5.82. The van der Waals surface area contributed by atoms with E-state index < -0.39 is 0 Å². The standard InChI is InChI=1S/C14H28N2/c1-12(2)8-7-9-13(3)16-14-10-5-4-6-11-15-14/h12-13H,4-11H2,1-3H3,(H,15,16). The van der Waals surface area contributed by atoms with Crippen LogP contribution in [0.25, 0.3) is 0 Å². The van der Waals surface area contributed by atoms with E-state index in [0.717, 1.165) is 18.9 Å². The molecule has 0 aromatic carbocycles. The Morgan fingerprint density at radius 3 is 2.69 bits per heavy atom. The lowest BCUT2D eigenvalue weighted by Gasteiger charge is -2.16. The molecule has 0 saturated heterocycles. The fourth-order valence-electron chi connectivity index (χ4n) is 2.18. The summed E-state index contributed by atoms with van der Waals surface area (Å²) in [6.07, 6.45) is 9.04. The molecule has 0 aliphatic carbocycles. The van der Waals surface area contributed by atoms with E-state index in [-0.39, 0.29) is 0 Å². The van der Waals surface area contributed by atoms with Crippen molar-refractivity contribution >= 4 is 5.84 Å². The highest BCUT2D eigenvalue weighted by Crippen LogP contribution is 2.10. The van der Waals surface area contributed by atoms with Gasteiger partial charge in [-0.3, -0.25) is 4.99 Å². The molecule has 2 heteroatoms. The fourth-order valence-corrected chi connectivity index (χ4v) is 2.18. The molecule has 0 spiro atoms. The highest BCUT2D eigenvalue weighted by atomic mass is 15.0. The molecule has 2 nitrogen and oxygen atoms in total. The molecule has 0 aromatic rings. The number of aliphatic imine (C=N–C) groups is 1. The van der Waals surface area contributed by atoms with Crippen molar-refractivity contribution in [2.75, 3.05) is 6.54 Å². The van der Waals surface area contributed by atoms with Crippen molar-refractivity contribution in [3.63, 3.8) is 0 Å². The Morgan fingerprint density at radius 2 is 1.94 bits per heavy atom. The van der Waals surface area contributed by atoms with Crippen LogP contribution in [0.15, 0.2) is 4.99 Å². The van der Waals surface area contributed by atoms with E-state index in [1.165, 1.54) is 44.4 Å². The first kappa shape index (κ1) is 13.5. The fraction of sp³-hybridized carbons (Fsp3) is 0.929. The average Bonchev–Trinajstić information content (AvgIpc) is 2.45. The lowest BCUT2D eigenvalue weighted by atomic mass is 10.0. The van der Waals surface area contributed by atoms with Gasteiger partial charge in [0.1, 0.15) is 0 Å². The molecule has 0 fully saturated rings. The van der Waals surface area contributed by atoms with Gasteiger partial charge in [0.2, 0.25) is 0 Å². The molecule has 94 valence electrons. The van der Waals surface area contributed by atoms with E-state index in [9.17, 15) is 0 Å². The van der Waals surface area contributed by atoms with Crippen LogP contribution in [0.3, 0.4) is 0 Å². The van der Waals surface area contributed by atoms with Crippen LogP contribution in [0.5, 0.6) is 0 Å². The Labute approximate surface area is 101 Å². The number of nitrogens with one attached hydrogen (secondary N) is 1. The van der Waals surface area contributed by atoms with Gasteiger partial charge in [-0.1, -0.05) is 33.1 Å². The maximum Gasteiger partial charge on any atom is 0.0965 e. The van der Waals surface area contributed by atoms with Gasteiger partial charge in [0.05, 0.1) is 5.84 Å². The quantitative estimate of drug-likeness (QED) is 0.755. The van der Waals surface area contributed by atoms with Crippen LogP contribution in [0.1, 0.15) is 65.7 Å². The molecule has 1 N–H and O–H groups in total. The third-order valence-electron chi connectivity index (χ3n) is 3.21. The minimum atomic E-state index is 0.593. The summed E-state index contributed by atoms with van der Waals surface area (Å²) in [5.74, 6) is 2.09. The van der Waals surface area contributed by atoms with Gasteiger partial charge in [-0.2, -0.15) is 0 Å². The Balaban J connectivity index is 2.16. The number of hydrogen-bond donors (Lipinski definition) is 1. The van der Waals surface area contributed by atoms with E-state index in [1.807, 2.05) is 0 Å². The highest BCUT2D eigenvalue weighted by Gasteiger charge is 2.08. The van der Waals surface area contributed by atoms with Crippen molar-refractivity contribution in [2.45, 2.75) is 71.8 Å². The molecule has 0 radical (unpaired) electrons. The van der Waals surface area contributed by atoms with Gasteiger partial charge in [-0.05, 0) is 32.1 Å². The van der Waals surface area contributed by atoms with E-state index in [2.05, 4.69) is 31.1 Å². The molecule has 0 saturated carbocycles. The van der Waals surface area contributed by atoms with Crippen molar-refractivity contribution in [3.8, 4) is 0 Å². The minimum absolute atomic E-state index is 0.593. The first-order chi connectivity index (χ1) is 7.68. The van der Waals surface area contributed by atoms with Crippen LogP contribution in [0.4, 0.5) is 0 Å². The summed E-state index contributed by atoms with van der Waals surface area (Å²) in [6.45, 7) is 7.91. The maximum absolute atomic E-state index is 4.61. The Hall–Kier alpha value is -0.530. The topological polar surface area (TPSA) is 24.4 Å². The third-order valence-corrected chi connectivity index (χ3v) is 3.21. The smallest absolute Gasteiger partial charge is 0.0965 e. The largest absolute Gasteiger partial charge is 0.371 e. The summed E-state index contributed by atoms with van der Waals surface area (Å²) in [5.41, 5.74) is 0. The summed E-state index contributed by atoms with van der Waals surface area (Å²) >= 11 is 0. The second kappa shape index (κ2) is 7.70. The second-order valence-electron chi connectivity index (χ2n) is 5.51. The minimum Gasteiger partial charge on any atom is -0.371 e. The molecule has 1 heterocycles. The number of rotatable bonds is 5. The summed E-state index contributed by atoms with van der Waals surface area (Å²) in [4.78, 5) is 4.61. The van der Waals surface area contributed by atoms with Crippen LogP contribution < -0.4 is 5.32 Å². The zero-order valence-electron chi connectivity index (χ0n) is 11.3. The molecule has 0 aromatic heterocycles. The summed E-state index contributed by atoms with van der Waals surface area (Å²) in [7, 11) is 0. The van der Waals surface area contributed by atoms with Gasteiger partial charge in [0, 0.05) is 19.0 Å². The van der Waals surface area contributed by atoms with Crippen molar-refractivity contribution in [3.05, 3.63) is 0 Å². The van der Waals surface area contributed by atoms with E-state index >= 15 is 0 Å². The Morgan fingerprint density at radius 1 is 1.12 bits per heavy atom. The predicted molar refractivity (Wildman–Crippen MR) is 72.1 cm³/mol. The van der Waals surface area contributed by atoms with E-state index in [0.29, 0.717) is 6.04 Å². The lowest BCUT2D eigenvalue weighted by molar-refractivity contribution is 0.492. The maximum atomic E-state index is 4.61. The van der Waals surface area contributed by atoms with Gasteiger partial charge in [0.15, 0.2) is 0 Å². The first-order valence-electron chi connectivity index (χ1n) is 6.98. The molecule has 0 amide bonds. The zero-order valence-corrected chi connectivity index (χ0v) is 11.3. The summed E-state index contributed by atoms with van der Waals surface area (Å²) in [5, 5.41) is 3.58. The summed E-state index contributed by atoms with van der Waals surface area (Å²) in [6, 6.07) is 0.593. The lowest BCUT2D eigenvalue weighted by Crippen LogP contribution is -2.32. The Bertz CT molecular complexity index is 209. The molecule has 1 aliphatic heterocycles. The number of amidine groups is 1. The molecule has 1 rings (SSSR count). The molecule has 1 unspecified atom stereocenters. The number of hydrogen-bond acceptors (Lipinski definition) is 2. The molecule has 0 bridgehead atoms. The van der Waals surface area contributed by atoms with Crippen LogP contribution in [0.2, 0.25) is 0 Å². The second-order valence-corrected chi connectivity index (χ2v) is 5.51. The SMILES string of the molecule is CC(C)CCCC(C)NC1=NCCCCC1. The van der Waals surface area contributed by atoms with Crippen molar-refractivity contribution in [2.24, 2.45) is 10.9 Å². The van der Waals surface area contributed by atoms with Crippen LogP contribution >= 0.6 is 0 Å². The van der Waals surface area contributed by atoms with Gasteiger partial charge in [-0.15, -0.1) is 0 Å². The van der Waals surface area contributed by atoms with Crippen molar-refractivity contribution < 1.29 is 0 Å². The van der Waals surface area contributed by atoms with Crippen molar-refractivity contribution in [1.29, 1.82) is 0 Å². The van der Waals surface area contributed by atoms with Crippen molar-refractivity contribution in [1.82, 2.24) is 5.32 Å². The zero-order chi connectivity index (χ0) is 11.8. The van der Waals surface area contributed by atoms with Crippen LogP contribution in [-0.4, -0.2) is 18.4 Å². The number of nitrogens with zero attached hydrogens (tertiary/aromatic N) is 1. The van der Waals surface area contributed by atoms with Crippen LogP contribution in [0, 0.1) is 5.92 Å². The molecular weight excluding hydrogens is 196 g/mol. The molecule has 1 aliphatic rings. The van der Waals surface area contributed by atoms with Gasteiger partial charge in [0.25, 0.3) is 0 Å². The average molecular weight is 224 g/mol. The predicted octanol–water partition coefficient (Wildman–Crippen LogP) is 3.76. The molecule has 1 atom stereocenters. The normalized spacial score (nSPS) is 19.1. The van der Waals surface area contributed by atoms with Gasteiger partial charge >= 0.3 is 0 Å². The molecule has 16 heavy (non-hydrogen) atoms. The first-order valence-corrected chi connectivity index (χ1v) is 6.98. The Kier molecular flexibility index (Phi) is 6.51.